The fourth-order valence-corrected chi connectivity index (χ4v) is 5.34. The van der Waals surface area contributed by atoms with Gasteiger partial charge in [0, 0.05) is 5.02 Å². The number of amides is 1. The van der Waals surface area contributed by atoms with E-state index in [2.05, 4.69) is 16.7 Å². The summed E-state index contributed by atoms with van der Waals surface area (Å²) in [7, 11) is 1.53. The van der Waals surface area contributed by atoms with Crippen LogP contribution in [0.2, 0.25) is 5.02 Å². The van der Waals surface area contributed by atoms with Crippen LogP contribution in [0.25, 0.3) is 5.70 Å². The molecule has 0 aromatic heterocycles. The molecule has 0 aliphatic carbocycles. The molecular weight excluding hydrogens is 534 g/mol. The number of carbonyl (C=O) groups is 2. The number of ether oxygens (including phenoxy) is 2. The molecule has 7 nitrogen and oxygen atoms in total. The minimum atomic E-state index is -0.806. The van der Waals surface area contributed by atoms with Gasteiger partial charge in [-0.1, -0.05) is 84.0 Å². The summed E-state index contributed by atoms with van der Waals surface area (Å²) in [5.41, 5.74) is 2.89. The lowest BCUT2D eigenvalue weighted by Crippen LogP contribution is -2.30. The third-order valence-electron chi connectivity index (χ3n) is 5.95. The topological polar surface area (TPSA) is 100 Å². The van der Waals surface area contributed by atoms with Crippen molar-refractivity contribution in [2.24, 2.45) is 0 Å². The number of allylic oxidation sites excluding steroid dienone is 1. The zero-order valence-electron chi connectivity index (χ0n) is 21.4. The molecular formula is C30H26ClN3O4S. The smallest absolute Gasteiger partial charge is 0.337 e. The van der Waals surface area contributed by atoms with E-state index in [0.717, 1.165) is 17.3 Å². The van der Waals surface area contributed by atoms with Gasteiger partial charge in [0.05, 0.1) is 59.0 Å². The largest absolute Gasteiger partial charge is 0.495 e. The molecule has 1 heterocycles. The molecule has 1 amide bonds. The maximum absolute atomic E-state index is 13.4. The molecule has 0 saturated heterocycles. The maximum Gasteiger partial charge on any atom is 0.337 e. The number of para-hydroxylation sites is 2. The Kier molecular flexibility index (Phi) is 9.31. The molecule has 39 heavy (non-hydrogen) atoms. The minimum Gasteiger partial charge on any atom is -0.495 e. The molecule has 0 bridgehead atoms. The number of hydrogen-bond acceptors (Lipinski definition) is 7. The van der Waals surface area contributed by atoms with Crippen molar-refractivity contribution >= 4 is 46.6 Å². The summed E-state index contributed by atoms with van der Waals surface area (Å²) in [6, 6.07) is 25.8. The lowest BCUT2D eigenvalue weighted by atomic mass is 9.81. The fourth-order valence-electron chi connectivity index (χ4n) is 4.25. The van der Waals surface area contributed by atoms with E-state index in [1.165, 1.54) is 7.11 Å². The van der Waals surface area contributed by atoms with Gasteiger partial charge in [0.2, 0.25) is 5.91 Å². The molecule has 0 fully saturated rings. The highest BCUT2D eigenvalue weighted by molar-refractivity contribution is 8.03. The molecule has 1 aliphatic rings. The summed E-state index contributed by atoms with van der Waals surface area (Å²) in [5, 5.41) is 17.3. The number of rotatable bonds is 9. The number of thioether (sulfide) groups is 1. The molecule has 3 aromatic rings. The fraction of sp³-hybridized carbons (Fsp3) is 0.167. The van der Waals surface area contributed by atoms with E-state index in [-0.39, 0.29) is 29.4 Å². The van der Waals surface area contributed by atoms with Crippen molar-refractivity contribution in [2.75, 3.05) is 24.8 Å². The Labute approximate surface area is 236 Å². The van der Waals surface area contributed by atoms with Crippen LogP contribution in [-0.4, -0.2) is 31.3 Å². The van der Waals surface area contributed by atoms with Gasteiger partial charge in [-0.2, -0.15) is 5.26 Å². The first kappa shape index (κ1) is 27.8. The summed E-state index contributed by atoms with van der Waals surface area (Å²) >= 11 is 7.77. The van der Waals surface area contributed by atoms with Crippen molar-refractivity contribution in [1.82, 2.24) is 5.32 Å². The second kappa shape index (κ2) is 13.1. The average Bonchev–Trinajstić information content (AvgIpc) is 2.96. The highest BCUT2D eigenvalue weighted by Gasteiger charge is 2.38. The van der Waals surface area contributed by atoms with Crippen molar-refractivity contribution in [1.29, 1.82) is 5.26 Å². The number of nitrogens with one attached hydrogen (secondary N) is 2. The standard InChI is InChI=1S/C30H26ClN3O4S/c1-3-38-30(36)27-26(20-13-7-8-14-22(20)31)21(17-32)29(34-28(27)19-11-5-4-6-12-19)39-18-25(35)33-23-15-9-10-16-24(23)37-2/h4-16,26,34H,3,18H2,1-2H3,(H,33,35). The number of anilines is 1. The molecule has 0 spiro atoms. The van der Waals surface area contributed by atoms with Gasteiger partial charge in [0.25, 0.3) is 0 Å². The van der Waals surface area contributed by atoms with Crippen LogP contribution in [0.3, 0.4) is 0 Å². The zero-order valence-corrected chi connectivity index (χ0v) is 22.9. The SMILES string of the molecule is CCOC(=O)C1=C(c2ccccc2)NC(SCC(=O)Nc2ccccc2OC)=C(C#N)C1c1ccccc1Cl. The number of benzene rings is 3. The number of esters is 1. The van der Waals surface area contributed by atoms with Gasteiger partial charge in [-0.15, -0.1) is 0 Å². The average molecular weight is 560 g/mol. The summed E-state index contributed by atoms with van der Waals surface area (Å²) in [6.45, 7) is 1.89. The van der Waals surface area contributed by atoms with E-state index in [4.69, 9.17) is 21.1 Å². The highest BCUT2D eigenvalue weighted by atomic mass is 35.5. The number of nitrogens with zero attached hydrogens (tertiary/aromatic N) is 1. The lowest BCUT2D eigenvalue weighted by Gasteiger charge is -2.31. The van der Waals surface area contributed by atoms with Crippen LogP contribution in [0.4, 0.5) is 5.69 Å². The van der Waals surface area contributed by atoms with Gasteiger partial charge in [0.15, 0.2) is 0 Å². The van der Waals surface area contributed by atoms with E-state index < -0.39 is 11.9 Å². The van der Waals surface area contributed by atoms with Crippen molar-refractivity contribution in [3.8, 4) is 11.8 Å². The number of carbonyl (C=O) groups excluding carboxylic acids is 2. The quantitative estimate of drug-likeness (QED) is 0.305. The van der Waals surface area contributed by atoms with Gasteiger partial charge < -0.3 is 20.1 Å². The first-order valence-corrected chi connectivity index (χ1v) is 13.5. The lowest BCUT2D eigenvalue weighted by molar-refractivity contribution is -0.138. The van der Waals surface area contributed by atoms with Crippen LogP contribution in [0, 0.1) is 11.3 Å². The summed E-state index contributed by atoms with van der Waals surface area (Å²) in [5.74, 6) is -1.11. The Bertz CT molecular complexity index is 1480. The molecule has 0 radical (unpaired) electrons. The summed E-state index contributed by atoms with van der Waals surface area (Å²) < 4.78 is 10.8. The van der Waals surface area contributed by atoms with Crippen LogP contribution in [-0.2, 0) is 14.3 Å². The Balaban J connectivity index is 1.77. The van der Waals surface area contributed by atoms with E-state index in [0.29, 0.717) is 32.7 Å². The number of halogens is 1. The molecule has 1 atom stereocenters. The third-order valence-corrected chi connectivity index (χ3v) is 7.31. The van der Waals surface area contributed by atoms with Crippen molar-refractivity contribution in [3.63, 3.8) is 0 Å². The first-order chi connectivity index (χ1) is 19.0. The monoisotopic (exact) mass is 559 g/mol. The van der Waals surface area contributed by atoms with Crippen molar-refractivity contribution in [3.05, 3.63) is 111 Å². The van der Waals surface area contributed by atoms with Gasteiger partial charge in [0.1, 0.15) is 5.75 Å². The van der Waals surface area contributed by atoms with E-state index in [1.807, 2.05) is 36.4 Å². The van der Waals surface area contributed by atoms with Gasteiger partial charge in [-0.25, -0.2) is 4.79 Å². The molecule has 2 N–H and O–H groups in total. The van der Waals surface area contributed by atoms with Crippen LogP contribution >= 0.6 is 23.4 Å². The molecule has 0 saturated carbocycles. The van der Waals surface area contributed by atoms with Crippen LogP contribution in [0.5, 0.6) is 5.75 Å². The number of hydrogen-bond donors (Lipinski definition) is 2. The molecule has 198 valence electrons. The van der Waals surface area contributed by atoms with Crippen LogP contribution in [0.1, 0.15) is 24.0 Å². The second-order valence-electron chi connectivity index (χ2n) is 8.35. The highest BCUT2D eigenvalue weighted by Crippen LogP contribution is 2.45. The Hall–Kier alpha value is -4.19. The van der Waals surface area contributed by atoms with Gasteiger partial charge >= 0.3 is 5.97 Å². The van der Waals surface area contributed by atoms with E-state index >= 15 is 0 Å². The number of methoxy groups -OCH3 is 1. The molecule has 4 rings (SSSR count). The Morgan fingerprint density at radius 3 is 2.44 bits per heavy atom. The molecule has 9 heteroatoms. The minimum absolute atomic E-state index is 0.00237. The first-order valence-electron chi connectivity index (χ1n) is 12.2. The summed E-state index contributed by atoms with van der Waals surface area (Å²) in [4.78, 5) is 26.3. The van der Waals surface area contributed by atoms with Gasteiger partial charge in [-0.05, 0) is 36.2 Å². The predicted molar refractivity (Wildman–Crippen MR) is 154 cm³/mol. The van der Waals surface area contributed by atoms with Crippen LogP contribution < -0.4 is 15.4 Å². The Morgan fingerprint density at radius 1 is 1.05 bits per heavy atom. The van der Waals surface area contributed by atoms with Crippen molar-refractivity contribution < 1.29 is 19.1 Å². The van der Waals surface area contributed by atoms with E-state index in [1.54, 1.807) is 49.4 Å². The number of nitriles is 1. The Morgan fingerprint density at radius 2 is 1.74 bits per heavy atom. The number of dihydropyridines is 1. The maximum atomic E-state index is 13.4. The predicted octanol–water partition coefficient (Wildman–Crippen LogP) is 6.12. The van der Waals surface area contributed by atoms with Gasteiger partial charge in [-0.3, -0.25) is 4.79 Å². The molecule has 1 aliphatic heterocycles. The molecule has 1 unspecified atom stereocenters. The van der Waals surface area contributed by atoms with Crippen molar-refractivity contribution in [2.45, 2.75) is 12.8 Å². The third kappa shape index (κ3) is 6.28. The summed E-state index contributed by atoms with van der Waals surface area (Å²) in [6.07, 6.45) is 0. The van der Waals surface area contributed by atoms with Crippen LogP contribution in [0.15, 0.2) is 95.0 Å². The van der Waals surface area contributed by atoms with E-state index in [9.17, 15) is 14.9 Å². The molecule has 3 aromatic carbocycles. The zero-order chi connectivity index (χ0) is 27.8. The second-order valence-corrected chi connectivity index (χ2v) is 9.74. The normalized spacial score (nSPS) is 14.8.